The molecule has 0 saturated carbocycles. The second kappa shape index (κ2) is 19.5. The fourth-order valence-electron chi connectivity index (χ4n) is 3.43. The summed E-state index contributed by atoms with van der Waals surface area (Å²) in [4.78, 5) is 21.8. The zero-order valence-electron chi connectivity index (χ0n) is 20.7. The van der Waals surface area contributed by atoms with Crippen LogP contribution in [0.3, 0.4) is 0 Å². The van der Waals surface area contributed by atoms with E-state index in [1.807, 2.05) is 0 Å². The topological polar surface area (TPSA) is 146 Å². The van der Waals surface area contributed by atoms with Crippen molar-refractivity contribution in [2.75, 3.05) is 6.61 Å². The van der Waals surface area contributed by atoms with E-state index >= 15 is 0 Å². The molecule has 198 valence electrons. The monoisotopic (exact) mass is 487 g/mol. The highest BCUT2D eigenvalue weighted by molar-refractivity contribution is 5.87. The second-order valence-electron chi connectivity index (χ2n) is 8.60. The lowest BCUT2D eigenvalue weighted by atomic mass is 9.99. The Morgan fingerprint density at radius 3 is 2.00 bits per heavy atom. The molecule has 1 heterocycles. The second-order valence-corrected chi connectivity index (χ2v) is 8.60. The quantitative estimate of drug-likeness (QED) is 0.134. The maximum Gasteiger partial charge on any atom is 0.330 e. The van der Waals surface area contributed by atoms with Crippen LogP contribution in [0.1, 0.15) is 78.1 Å². The van der Waals surface area contributed by atoms with E-state index in [9.17, 15) is 19.8 Å². The number of hydrogen-bond acceptors (Lipinski definition) is 8. The molecule has 9 nitrogen and oxygen atoms in total. The number of aliphatic hydroxyl groups is 4. The predicted molar refractivity (Wildman–Crippen MR) is 130 cm³/mol. The van der Waals surface area contributed by atoms with Gasteiger partial charge in [-0.3, -0.25) is 4.79 Å². The van der Waals surface area contributed by atoms with Crippen LogP contribution in [0.4, 0.5) is 0 Å². The van der Waals surface area contributed by atoms with Gasteiger partial charge in [-0.15, -0.1) is 0 Å². The van der Waals surface area contributed by atoms with E-state index in [0.29, 0.717) is 0 Å². The van der Waals surface area contributed by atoms with Gasteiger partial charge in [0.2, 0.25) is 5.91 Å². The highest BCUT2D eigenvalue weighted by Crippen LogP contribution is 2.20. The number of esters is 1. The van der Waals surface area contributed by atoms with Gasteiger partial charge in [-0.2, -0.15) is 0 Å². The number of amides is 1. The Hall–Kier alpha value is -1.78. The van der Waals surface area contributed by atoms with E-state index in [1.165, 1.54) is 63.9 Å². The van der Waals surface area contributed by atoms with Crippen LogP contribution in [-0.2, 0) is 19.1 Å². The molecule has 0 radical (unpaired) electrons. The number of rotatable bonds is 15. The van der Waals surface area contributed by atoms with Crippen LogP contribution in [0.25, 0.3) is 0 Å². The third-order valence-electron chi connectivity index (χ3n) is 5.56. The first-order valence-corrected chi connectivity index (χ1v) is 12.3. The maximum absolute atomic E-state index is 11.1. The Balaban J connectivity index is 0.000000644. The summed E-state index contributed by atoms with van der Waals surface area (Å²) in [7, 11) is 0. The molecule has 9 heteroatoms. The average Bonchev–Trinajstić information content (AvgIpc) is 2.83. The minimum absolute atomic E-state index is 0.0570. The SMILES string of the molecule is C=CC(=O)NC(C)CCCCCCCCCCC.C=CC(=O)OCC1O[C@@H](O)C(O)[C@@H](O)[C@@H]1O. The number of carbonyl (C=O) groups is 2. The number of aliphatic hydroxyl groups excluding tert-OH is 4. The molecule has 0 spiro atoms. The molecule has 1 saturated heterocycles. The van der Waals surface area contributed by atoms with Crippen LogP contribution in [0.2, 0.25) is 0 Å². The molecule has 3 unspecified atom stereocenters. The minimum Gasteiger partial charge on any atom is -0.460 e. The zero-order chi connectivity index (χ0) is 25.9. The first-order chi connectivity index (χ1) is 16.2. The van der Waals surface area contributed by atoms with E-state index in [0.717, 1.165) is 12.5 Å². The van der Waals surface area contributed by atoms with Crippen molar-refractivity contribution in [3.8, 4) is 0 Å². The Labute approximate surface area is 203 Å². The van der Waals surface area contributed by atoms with Gasteiger partial charge in [0.15, 0.2) is 6.29 Å². The van der Waals surface area contributed by atoms with Gasteiger partial charge in [-0.25, -0.2) is 4.79 Å². The van der Waals surface area contributed by atoms with Crippen LogP contribution in [0.5, 0.6) is 0 Å². The molecule has 1 aliphatic rings. The summed E-state index contributed by atoms with van der Waals surface area (Å²) >= 11 is 0. The van der Waals surface area contributed by atoms with Gasteiger partial charge in [0, 0.05) is 12.1 Å². The zero-order valence-corrected chi connectivity index (χ0v) is 20.7. The molecule has 34 heavy (non-hydrogen) atoms. The van der Waals surface area contributed by atoms with Crippen molar-refractivity contribution in [2.45, 2.75) is 115 Å². The Kier molecular flexibility index (Phi) is 18.5. The molecular formula is C25H45NO8. The summed E-state index contributed by atoms with van der Waals surface area (Å²) in [5.74, 6) is -0.774. The average molecular weight is 488 g/mol. The number of unbranched alkanes of at least 4 members (excludes halogenated alkanes) is 8. The molecule has 0 aliphatic carbocycles. The van der Waals surface area contributed by atoms with E-state index in [4.69, 9.17) is 14.9 Å². The Morgan fingerprint density at radius 1 is 0.912 bits per heavy atom. The summed E-state index contributed by atoms with van der Waals surface area (Å²) in [5, 5.41) is 40.0. The first kappa shape index (κ1) is 32.2. The van der Waals surface area contributed by atoms with Gasteiger partial charge in [-0.05, 0) is 19.4 Å². The summed E-state index contributed by atoms with van der Waals surface area (Å²) in [6.07, 6.45) is 8.15. The van der Waals surface area contributed by atoms with Gasteiger partial charge in [0.1, 0.15) is 31.0 Å². The van der Waals surface area contributed by atoms with Crippen LogP contribution in [0.15, 0.2) is 25.3 Å². The van der Waals surface area contributed by atoms with E-state index < -0.39 is 36.7 Å². The third-order valence-corrected chi connectivity index (χ3v) is 5.56. The van der Waals surface area contributed by atoms with Crippen molar-refractivity contribution in [2.24, 2.45) is 0 Å². The van der Waals surface area contributed by atoms with Crippen molar-refractivity contribution in [3.05, 3.63) is 25.3 Å². The molecule has 0 bridgehead atoms. The van der Waals surface area contributed by atoms with Crippen LogP contribution in [0, 0.1) is 0 Å². The summed E-state index contributed by atoms with van der Waals surface area (Å²) in [5.41, 5.74) is 0. The molecule has 0 aromatic heterocycles. The van der Waals surface area contributed by atoms with Crippen molar-refractivity contribution in [1.29, 1.82) is 0 Å². The fraction of sp³-hybridized carbons (Fsp3) is 0.760. The van der Waals surface area contributed by atoms with Gasteiger partial charge < -0.3 is 35.2 Å². The molecule has 6 atom stereocenters. The molecule has 1 fully saturated rings. The van der Waals surface area contributed by atoms with Gasteiger partial charge in [0.25, 0.3) is 0 Å². The third kappa shape index (κ3) is 14.5. The van der Waals surface area contributed by atoms with E-state index in [2.05, 4.69) is 37.1 Å². The normalized spacial score (nSPS) is 24.8. The molecule has 5 N–H and O–H groups in total. The van der Waals surface area contributed by atoms with Crippen LogP contribution < -0.4 is 5.32 Å². The smallest absolute Gasteiger partial charge is 0.330 e. The number of nitrogens with one attached hydrogen (secondary N) is 1. The highest BCUT2D eigenvalue weighted by atomic mass is 16.6. The van der Waals surface area contributed by atoms with Gasteiger partial charge in [0.05, 0.1) is 0 Å². The molecule has 1 aliphatic heterocycles. The first-order valence-electron chi connectivity index (χ1n) is 12.3. The molecule has 0 aromatic carbocycles. The molecular weight excluding hydrogens is 442 g/mol. The summed E-state index contributed by atoms with van der Waals surface area (Å²) in [6, 6.07) is 0.278. The minimum atomic E-state index is -1.63. The summed E-state index contributed by atoms with van der Waals surface area (Å²) < 4.78 is 9.35. The van der Waals surface area contributed by atoms with E-state index in [-0.39, 0.29) is 18.6 Å². The predicted octanol–water partition coefficient (Wildman–Crippen LogP) is 2.11. The maximum atomic E-state index is 11.1. The fourth-order valence-corrected chi connectivity index (χ4v) is 3.43. The van der Waals surface area contributed by atoms with Gasteiger partial charge in [-0.1, -0.05) is 77.9 Å². The Bertz CT molecular complexity index is 585. The number of ether oxygens (including phenoxy) is 2. The number of hydrogen-bond donors (Lipinski definition) is 5. The van der Waals surface area contributed by atoms with Crippen LogP contribution in [-0.4, -0.2) is 75.7 Å². The molecule has 1 rings (SSSR count). The lowest BCUT2D eigenvalue weighted by Gasteiger charge is -2.37. The van der Waals surface area contributed by atoms with Crippen molar-refractivity contribution < 1.29 is 39.5 Å². The highest BCUT2D eigenvalue weighted by Gasteiger charge is 2.43. The van der Waals surface area contributed by atoms with Crippen molar-refractivity contribution in [3.63, 3.8) is 0 Å². The summed E-state index contributed by atoms with van der Waals surface area (Å²) in [6.45, 7) is 10.6. The lowest BCUT2D eigenvalue weighted by Crippen LogP contribution is -2.58. The standard InChI is InChI=1S/C16H31NO.C9H14O7/c1-4-6-7-8-9-10-11-12-13-14-15(3)17-16(18)5-2;1-2-5(10)15-3-4-6(11)7(12)8(13)9(14)16-4/h5,15H,2,4,6-14H2,1,3H3,(H,17,18);2,4,6-9,11-14H,1,3H2/t;4?,6-,7+,8?,9-/m.1/s1. The van der Waals surface area contributed by atoms with Crippen molar-refractivity contribution >= 4 is 11.9 Å². The van der Waals surface area contributed by atoms with Crippen LogP contribution >= 0.6 is 0 Å². The van der Waals surface area contributed by atoms with Crippen molar-refractivity contribution in [1.82, 2.24) is 5.32 Å². The molecule has 1 amide bonds. The Morgan fingerprint density at radius 2 is 1.47 bits per heavy atom. The number of carbonyl (C=O) groups excluding carboxylic acids is 2. The lowest BCUT2D eigenvalue weighted by molar-refractivity contribution is -0.287. The largest absolute Gasteiger partial charge is 0.460 e. The van der Waals surface area contributed by atoms with Gasteiger partial charge >= 0.3 is 5.97 Å². The van der Waals surface area contributed by atoms with E-state index in [1.54, 1.807) is 0 Å². The molecule has 0 aromatic rings.